The van der Waals surface area contributed by atoms with Crippen LogP contribution in [-0.2, 0) is 0 Å². The molecule has 1 aliphatic rings. The number of piperazine rings is 1. The summed E-state index contributed by atoms with van der Waals surface area (Å²) in [6.07, 6.45) is 4.73. The first-order chi connectivity index (χ1) is 9.72. The van der Waals surface area contributed by atoms with E-state index in [1.165, 1.54) is 19.3 Å². The van der Waals surface area contributed by atoms with E-state index in [2.05, 4.69) is 17.1 Å². The number of benzene rings is 1. The van der Waals surface area contributed by atoms with E-state index in [1.807, 2.05) is 6.07 Å². The molecule has 0 aliphatic carbocycles. The largest absolute Gasteiger partial charge is 0.508 e. The molecule has 1 atom stereocenters. The van der Waals surface area contributed by atoms with Crippen LogP contribution < -0.4 is 5.32 Å². The van der Waals surface area contributed by atoms with Gasteiger partial charge >= 0.3 is 0 Å². The van der Waals surface area contributed by atoms with Gasteiger partial charge in [0.15, 0.2) is 0 Å². The van der Waals surface area contributed by atoms with Gasteiger partial charge in [-0.05, 0) is 24.6 Å². The fraction of sp³-hybridized carbons (Fsp3) is 0.625. The van der Waals surface area contributed by atoms with Gasteiger partial charge in [-0.15, -0.1) is 24.8 Å². The Bertz CT molecular complexity index is 426. The molecule has 0 radical (unpaired) electrons. The number of phenolic OH excluding ortho intramolecular Hbond substituents is 1. The van der Waals surface area contributed by atoms with Gasteiger partial charge in [0.2, 0.25) is 0 Å². The van der Waals surface area contributed by atoms with Crippen LogP contribution in [0, 0.1) is 0 Å². The summed E-state index contributed by atoms with van der Waals surface area (Å²) < 4.78 is 0. The predicted octanol–water partition coefficient (Wildman–Crippen LogP) is 4.42. The minimum absolute atomic E-state index is 0. The molecule has 2 N–H and O–H groups in total. The Hall–Kier alpha value is -0.190. The van der Waals surface area contributed by atoms with Gasteiger partial charge in [-0.3, -0.25) is 4.90 Å². The van der Waals surface area contributed by atoms with E-state index in [1.54, 1.807) is 12.1 Å². The standard InChI is InChI=1S/C16H25ClN2O.2ClH/c1-2-3-4-5-15(19-10-8-18-9-11-19)14-12-13(17)6-7-16(14)20;;/h6-7,12,15,18,20H,2-5,8-11H2,1H3;2*1H/t15-;;/m0../s1. The van der Waals surface area contributed by atoms with Crippen LogP contribution in [0.15, 0.2) is 18.2 Å². The van der Waals surface area contributed by atoms with Crippen molar-refractivity contribution in [3.05, 3.63) is 28.8 Å². The van der Waals surface area contributed by atoms with Crippen molar-refractivity contribution < 1.29 is 5.11 Å². The second-order valence-corrected chi connectivity index (χ2v) is 5.94. The summed E-state index contributed by atoms with van der Waals surface area (Å²) in [6, 6.07) is 5.67. The maximum absolute atomic E-state index is 10.2. The molecule has 0 aromatic heterocycles. The fourth-order valence-electron chi connectivity index (χ4n) is 2.91. The highest BCUT2D eigenvalue weighted by atomic mass is 35.5. The van der Waals surface area contributed by atoms with Crippen LogP contribution in [0.4, 0.5) is 0 Å². The number of hydrogen-bond acceptors (Lipinski definition) is 3. The Morgan fingerprint density at radius 3 is 2.55 bits per heavy atom. The predicted molar refractivity (Wildman–Crippen MR) is 98.9 cm³/mol. The van der Waals surface area contributed by atoms with Gasteiger partial charge in [0.05, 0.1) is 0 Å². The molecular formula is C16H27Cl3N2O. The minimum Gasteiger partial charge on any atom is -0.508 e. The van der Waals surface area contributed by atoms with E-state index in [0.29, 0.717) is 10.8 Å². The maximum atomic E-state index is 10.2. The lowest BCUT2D eigenvalue weighted by Crippen LogP contribution is -2.45. The summed E-state index contributed by atoms with van der Waals surface area (Å²) in [4.78, 5) is 2.47. The van der Waals surface area contributed by atoms with Crippen molar-refractivity contribution in [1.82, 2.24) is 10.2 Å². The van der Waals surface area contributed by atoms with Crippen molar-refractivity contribution in [1.29, 1.82) is 0 Å². The molecule has 1 fully saturated rings. The summed E-state index contributed by atoms with van der Waals surface area (Å²) in [7, 11) is 0. The smallest absolute Gasteiger partial charge is 0.120 e. The molecule has 0 bridgehead atoms. The number of aromatic hydroxyl groups is 1. The molecule has 1 aliphatic heterocycles. The Morgan fingerprint density at radius 1 is 1.23 bits per heavy atom. The molecule has 1 heterocycles. The summed E-state index contributed by atoms with van der Waals surface area (Å²) in [5.74, 6) is 0.370. The minimum atomic E-state index is 0. The molecular weight excluding hydrogens is 343 g/mol. The molecule has 1 saturated heterocycles. The molecule has 0 spiro atoms. The van der Waals surface area contributed by atoms with Gasteiger partial charge in [0.1, 0.15) is 5.75 Å². The van der Waals surface area contributed by atoms with Crippen LogP contribution >= 0.6 is 36.4 Å². The van der Waals surface area contributed by atoms with Crippen LogP contribution in [0.25, 0.3) is 0 Å². The first-order valence-electron chi connectivity index (χ1n) is 7.65. The number of hydrogen-bond donors (Lipinski definition) is 2. The van der Waals surface area contributed by atoms with Gasteiger partial charge in [-0.25, -0.2) is 0 Å². The molecule has 128 valence electrons. The Balaban J connectivity index is 0.00000220. The number of nitrogens with one attached hydrogen (secondary N) is 1. The van der Waals surface area contributed by atoms with Crippen LogP contribution in [0.5, 0.6) is 5.75 Å². The van der Waals surface area contributed by atoms with E-state index in [9.17, 15) is 5.11 Å². The summed E-state index contributed by atoms with van der Waals surface area (Å²) >= 11 is 6.12. The molecule has 0 saturated carbocycles. The lowest BCUT2D eigenvalue weighted by molar-refractivity contribution is 0.160. The Morgan fingerprint density at radius 2 is 1.91 bits per heavy atom. The highest BCUT2D eigenvalue weighted by molar-refractivity contribution is 6.30. The third-order valence-corrected chi connectivity index (χ3v) is 4.26. The van der Waals surface area contributed by atoms with Crippen LogP contribution in [0.2, 0.25) is 5.02 Å². The Kier molecular flexibility index (Phi) is 11.3. The van der Waals surface area contributed by atoms with Gasteiger partial charge in [-0.2, -0.15) is 0 Å². The maximum Gasteiger partial charge on any atom is 0.120 e. The summed E-state index contributed by atoms with van der Waals surface area (Å²) in [5.41, 5.74) is 0.982. The molecule has 22 heavy (non-hydrogen) atoms. The van der Waals surface area contributed by atoms with E-state index < -0.39 is 0 Å². The molecule has 0 amide bonds. The van der Waals surface area contributed by atoms with Gasteiger partial charge < -0.3 is 10.4 Å². The number of phenols is 1. The summed E-state index contributed by atoms with van der Waals surface area (Å²) in [6.45, 7) is 6.32. The monoisotopic (exact) mass is 368 g/mol. The van der Waals surface area contributed by atoms with Crippen LogP contribution in [-0.4, -0.2) is 36.2 Å². The summed E-state index contributed by atoms with van der Waals surface area (Å²) in [5, 5.41) is 14.3. The third kappa shape index (κ3) is 6.13. The van der Waals surface area contributed by atoms with E-state index in [0.717, 1.165) is 38.2 Å². The second-order valence-electron chi connectivity index (χ2n) is 5.50. The van der Waals surface area contributed by atoms with Crippen LogP contribution in [0.3, 0.4) is 0 Å². The first-order valence-corrected chi connectivity index (χ1v) is 8.03. The van der Waals surface area contributed by atoms with Crippen molar-refractivity contribution in [3.8, 4) is 5.75 Å². The zero-order valence-electron chi connectivity index (χ0n) is 13.1. The second kappa shape index (κ2) is 11.4. The van der Waals surface area contributed by atoms with Gasteiger partial charge in [0.25, 0.3) is 0 Å². The fourth-order valence-corrected chi connectivity index (χ4v) is 3.09. The van der Waals surface area contributed by atoms with Crippen molar-refractivity contribution in [2.24, 2.45) is 0 Å². The van der Waals surface area contributed by atoms with Crippen LogP contribution in [0.1, 0.15) is 44.2 Å². The number of unbranched alkanes of at least 4 members (excludes halogenated alkanes) is 2. The molecule has 3 nitrogen and oxygen atoms in total. The zero-order chi connectivity index (χ0) is 14.4. The van der Waals surface area contributed by atoms with E-state index >= 15 is 0 Å². The van der Waals surface area contributed by atoms with Crippen molar-refractivity contribution in [2.45, 2.75) is 38.6 Å². The number of nitrogens with zero attached hydrogens (tertiary/aromatic N) is 1. The van der Waals surface area contributed by atoms with Crippen molar-refractivity contribution >= 4 is 36.4 Å². The molecule has 1 aromatic carbocycles. The highest BCUT2D eigenvalue weighted by Crippen LogP contribution is 2.34. The normalized spacial score (nSPS) is 16.5. The zero-order valence-corrected chi connectivity index (χ0v) is 15.4. The molecule has 2 rings (SSSR count). The molecule has 0 unspecified atom stereocenters. The van der Waals surface area contributed by atoms with Crippen molar-refractivity contribution in [3.63, 3.8) is 0 Å². The molecule has 1 aromatic rings. The van der Waals surface area contributed by atoms with Crippen molar-refractivity contribution in [2.75, 3.05) is 26.2 Å². The number of rotatable bonds is 6. The topological polar surface area (TPSA) is 35.5 Å². The van der Waals surface area contributed by atoms with Gasteiger partial charge in [0, 0.05) is 42.8 Å². The quantitative estimate of drug-likeness (QED) is 0.729. The van der Waals surface area contributed by atoms with Gasteiger partial charge in [-0.1, -0.05) is 37.8 Å². The third-order valence-electron chi connectivity index (χ3n) is 4.02. The number of halogens is 3. The molecule has 6 heteroatoms. The highest BCUT2D eigenvalue weighted by Gasteiger charge is 2.24. The Labute approximate surface area is 151 Å². The van der Waals surface area contributed by atoms with E-state index in [-0.39, 0.29) is 30.9 Å². The lowest BCUT2D eigenvalue weighted by atomic mass is 9.97. The van der Waals surface area contributed by atoms with E-state index in [4.69, 9.17) is 11.6 Å². The SMILES string of the molecule is CCCCC[C@@H](c1cc(Cl)ccc1O)N1CCNCC1.Cl.Cl. The average Bonchev–Trinajstić information content (AvgIpc) is 2.48. The first kappa shape index (κ1) is 21.8. The lowest BCUT2D eigenvalue weighted by Gasteiger charge is -2.35. The average molecular weight is 370 g/mol.